The predicted molar refractivity (Wildman–Crippen MR) is 51.2 cm³/mol. The first kappa shape index (κ1) is 29.2. The van der Waals surface area contributed by atoms with Crippen molar-refractivity contribution in [3.05, 3.63) is 0 Å². The van der Waals surface area contributed by atoms with Crippen LogP contribution >= 0.6 is 0 Å². The molecule has 0 rings (SSSR count). The van der Waals surface area contributed by atoms with Gasteiger partial charge in [-0.15, -0.1) is 0 Å². The van der Waals surface area contributed by atoms with Gasteiger partial charge in [0.1, 0.15) is 0 Å². The van der Waals surface area contributed by atoms with Crippen LogP contribution in [0.15, 0.2) is 0 Å². The molecule has 0 heterocycles. The van der Waals surface area contributed by atoms with Crippen LogP contribution in [0.3, 0.4) is 0 Å². The van der Waals surface area contributed by atoms with Crippen LogP contribution in [0.1, 0.15) is 39.5 Å². The molecule has 6 N–H and O–H groups in total. The van der Waals surface area contributed by atoms with Gasteiger partial charge in [-0.25, -0.2) is 0 Å². The van der Waals surface area contributed by atoms with Crippen molar-refractivity contribution in [1.82, 2.24) is 0 Å². The van der Waals surface area contributed by atoms with E-state index >= 15 is 0 Å². The summed E-state index contributed by atoms with van der Waals surface area (Å²) in [6, 6.07) is 0. The summed E-state index contributed by atoms with van der Waals surface area (Å²) < 4.78 is 0. The second-order valence-corrected chi connectivity index (χ2v) is 2.15. The molecule has 0 spiro atoms. The standard InChI is InChI=1S/2C4H10O.Hf.2H2O/c2*1-2-3-4-5;;;/h2*5H,2-4H2,1H3;;2*1H2. The Morgan fingerprint density at radius 1 is 0.769 bits per heavy atom. The summed E-state index contributed by atoms with van der Waals surface area (Å²) in [5.74, 6) is 0. The molecule has 4 nitrogen and oxygen atoms in total. The van der Waals surface area contributed by atoms with Crippen LogP contribution in [-0.4, -0.2) is 34.4 Å². The molecule has 0 aromatic carbocycles. The number of hydrogen-bond donors (Lipinski definition) is 2. The first-order valence-corrected chi connectivity index (χ1v) is 4.05. The van der Waals surface area contributed by atoms with Crippen molar-refractivity contribution in [3.8, 4) is 0 Å². The number of rotatable bonds is 4. The Labute approximate surface area is 99.8 Å². The molecule has 0 bridgehead atoms. The van der Waals surface area contributed by atoms with E-state index in [0.717, 1.165) is 25.7 Å². The second kappa shape index (κ2) is 38.7. The number of hydrogen-bond acceptors (Lipinski definition) is 2. The minimum absolute atomic E-state index is 0. The maximum Gasteiger partial charge on any atom is 0.0430 e. The summed E-state index contributed by atoms with van der Waals surface area (Å²) in [5.41, 5.74) is 0. The zero-order chi connectivity index (χ0) is 8.24. The monoisotopic (exact) mass is 364 g/mol. The average Bonchev–Trinajstić information content (AvgIpc) is 1.93. The summed E-state index contributed by atoms with van der Waals surface area (Å²) >= 11 is 0. The van der Waals surface area contributed by atoms with Crippen LogP contribution in [0.5, 0.6) is 0 Å². The van der Waals surface area contributed by atoms with Crippen LogP contribution in [0.25, 0.3) is 0 Å². The fourth-order valence-electron chi connectivity index (χ4n) is 0.316. The van der Waals surface area contributed by atoms with Gasteiger partial charge in [0, 0.05) is 39.1 Å². The van der Waals surface area contributed by atoms with Gasteiger partial charge in [0.25, 0.3) is 0 Å². The van der Waals surface area contributed by atoms with E-state index in [0.29, 0.717) is 13.2 Å². The summed E-state index contributed by atoms with van der Waals surface area (Å²) in [5, 5.41) is 16.1. The van der Waals surface area contributed by atoms with Gasteiger partial charge in [0.2, 0.25) is 0 Å². The molecule has 0 atom stereocenters. The molecule has 84 valence electrons. The minimum Gasteiger partial charge on any atom is -0.412 e. The Morgan fingerprint density at radius 3 is 1.00 bits per heavy atom. The van der Waals surface area contributed by atoms with Gasteiger partial charge in [-0.3, -0.25) is 0 Å². The van der Waals surface area contributed by atoms with E-state index in [-0.39, 0.29) is 36.8 Å². The molecule has 5 heteroatoms. The number of aliphatic hydroxyl groups is 2. The molecular weight excluding hydrogens is 339 g/mol. The third kappa shape index (κ3) is 65.7. The maximum atomic E-state index is 8.07. The quantitative estimate of drug-likeness (QED) is 0.682. The summed E-state index contributed by atoms with van der Waals surface area (Å²) in [4.78, 5) is 0. The molecule has 0 amide bonds. The molecule has 0 unspecified atom stereocenters. The van der Waals surface area contributed by atoms with E-state index in [1.807, 2.05) is 0 Å². The first-order valence-electron chi connectivity index (χ1n) is 4.05. The summed E-state index contributed by atoms with van der Waals surface area (Å²) in [7, 11) is 0. The Hall–Kier alpha value is 0.710. The molecule has 0 aromatic heterocycles. The minimum atomic E-state index is 0. The molecule has 0 fully saturated rings. The van der Waals surface area contributed by atoms with Gasteiger partial charge >= 0.3 is 0 Å². The SMILES string of the molecule is CCCCO.CCCCO.O.O.[Hf]. The zero-order valence-corrected chi connectivity index (χ0v) is 12.2. The Bertz CT molecular complexity index is 37.1. The maximum absolute atomic E-state index is 8.07. The van der Waals surface area contributed by atoms with Crippen molar-refractivity contribution < 1.29 is 47.0 Å². The summed E-state index contributed by atoms with van der Waals surface area (Å²) in [6.45, 7) is 4.79. The van der Waals surface area contributed by atoms with Crippen LogP contribution in [0, 0.1) is 0 Å². The van der Waals surface area contributed by atoms with Crippen molar-refractivity contribution in [2.45, 2.75) is 39.5 Å². The van der Waals surface area contributed by atoms with Crippen molar-refractivity contribution in [3.63, 3.8) is 0 Å². The van der Waals surface area contributed by atoms with E-state index in [1.165, 1.54) is 0 Å². The number of unbranched alkanes of at least 4 members (excludes halogenated alkanes) is 2. The van der Waals surface area contributed by atoms with Crippen LogP contribution in [0.4, 0.5) is 0 Å². The molecule has 0 aliphatic heterocycles. The normalized spacial score (nSPS) is 6.46. The molecular formula is C8H24HfO4. The third-order valence-corrected chi connectivity index (χ3v) is 1.02. The fourth-order valence-corrected chi connectivity index (χ4v) is 0.316. The zero-order valence-electron chi connectivity index (χ0n) is 8.64. The molecule has 0 aliphatic carbocycles. The second-order valence-electron chi connectivity index (χ2n) is 2.15. The van der Waals surface area contributed by atoms with Gasteiger partial charge in [-0.2, -0.15) is 0 Å². The van der Waals surface area contributed by atoms with Crippen molar-refractivity contribution in [2.24, 2.45) is 0 Å². The van der Waals surface area contributed by atoms with E-state index in [2.05, 4.69) is 13.8 Å². The van der Waals surface area contributed by atoms with E-state index in [4.69, 9.17) is 10.2 Å². The van der Waals surface area contributed by atoms with Crippen LogP contribution < -0.4 is 0 Å². The summed E-state index contributed by atoms with van der Waals surface area (Å²) in [6.07, 6.45) is 4.08. The largest absolute Gasteiger partial charge is 0.412 e. The van der Waals surface area contributed by atoms with E-state index in [1.54, 1.807) is 0 Å². The number of aliphatic hydroxyl groups excluding tert-OH is 2. The Kier molecular flexibility index (Phi) is 86.9. The molecule has 0 radical (unpaired) electrons. The Balaban J connectivity index is -0.0000000267. The van der Waals surface area contributed by atoms with Gasteiger partial charge in [-0.1, -0.05) is 26.7 Å². The molecule has 0 saturated heterocycles. The smallest absolute Gasteiger partial charge is 0.0430 e. The topological polar surface area (TPSA) is 103 Å². The third-order valence-electron chi connectivity index (χ3n) is 1.02. The van der Waals surface area contributed by atoms with E-state index in [9.17, 15) is 0 Å². The predicted octanol–water partition coefficient (Wildman–Crippen LogP) is -0.0943. The first-order chi connectivity index (χ1) is 4.83. The van der Waals surface area contributed by atoms with Gasteiger partial charge in [-0.05, 0) is 12.8 Å². The van der Waals surface area contributed by atoms with Crippen molar-refractivity contribution >= 4 is 0 Å². The van der Waals surface area contributed by atoms with Crippen LogP contribution in [0.2, 0.25) is 0 Å². The molecule has 0 aromatic rings. The van der Waals surface area contributed by atoms with E-state index < -0.39 is 0 Å². The van der Waals surface area contributed by atoms with Gasteiger partial charge in [0.05, 0.1) is 0 Å². The van der Waals surface area contributed by atoms with Crippen molar-refractivity contribution in [2.75, 3.05) is 13.2 Å². The molecule has 0 saturated carbocycles. The van der Waals surface area contributed by atoms with Gasteiger partial charge in [0.15, 0.2) is 0 Å². The average molecular weight is 363 g/mol. The Morgan fingerprint density at radius 2 is 1.00 bits per heavy atom. The van der Waals surface area contributed by atoms with Gasteiger partial charge < -0.3 is 21.2 Å². The fraction of sp³-hybridized carbons (Fsp3) is 1.00. The molecule has 13 heavy (non-hydrogen) atoms. The molecule has 0 aliphatic rings. The van der Waals surface area contributed by atoms with Crippen molar-refractivity contribution in [1.29, 1.82) is 0 Å². The van der Waals surface area contributed by atoms with Crippen LogP contribution in [-0.2, 0) is 25.8 Å².